The molecule has 0 aliphatic carbocycles. The van der Waals surface area contributed by atoms with Crippen molar-refractivity contribution in [1.29, 1.82) is 0 Å². The third kappa shape index (κ3) is 3.95. The number of sulfonamides is 1. The number of amides is 1. The Hall–Kier alpha value is -3.62. The van der Waals surface area contributed by atoms with E-state index in [9.17, 15) is 26.4 Å². The van der Waals surface area contributed by atoms with Gasteiger partial charge in [0.25, 0.3) is 5.91 Å². The first-order valence-corrected chi connectivity index (χ1v) is 10.9. The molecule has 3 aromatic heterocycles. The average Bonchev–Trinajstić information content (AvgIpc) is 3.36. The highest BCUT2D eigenvalue weighted by atomic mass is 32.2. The van der Waals surface area contributed by atoms with Crippen molar-refractivity contribution >= 4 is 27.5 Å². The van der Waals surface area contributed by atoms with Crippen LogP contribution in [0.25, 0.3) is 21.9 Å². The van der Waals surface area contributed by atoms with Crippen LogP contribution >= 0.6 is 0 Å². The Morgan fingerprint density at radius 2 is 2.12 bits per heavy atom. The van der Waals surface area contributed by atoms with Gasteiger partial charge in [-0.1, -0.05) is 0 Å². The summed E-state index contributed by atoms with van der Waals surface area (Å²) in [7, 11) is -4.15. The number of hydrogen-bond acceptors (Lipinski definition) is 8. The van der Waals surface area contributed by atoms with E-state index in [-0.39, 0.29) is 29.2 Å². The summed E-state index contributed by atoms with van der Waals surface area (Å²) in [6.07, 6.45) is 4.24. The molecule has 0 bridgehead atoms. The van der Waals surface area contributed by atoms with Crippen LogP contribution in [0, 0.1) is 6.57 Å². The number of alkyl halides is 3. The highest BCUT2D eigenvalue weighted by Crippen LogP contribution is 2.38. The maximum atomic E-state index is 12.9. The second-order valence-corrected chi connectivity index (χ2v) is 9.32. The van der Waals surface area contributed by atoms with E-state index in [1.54, 1.807) is 6.07 Å². The Balaban J connectivity index is 1.63. The second-order valence-electron chi connectivity index (χ2n) is 7.39. The van der Waals surface area contributed by atoms with Crippen LogP contribution in [0.4, 0.5) is 19.1 Å². The minimum Gasteiger partial charge on any atom is -0.375 e. The number of halogens is 3. The summed E-state index contributed by atoms with van der Waals surface area (Å²) in [5.41, 5.74) is -5.98. The van der Waals surface area contributed by atoms with Gasteiger partial charge in [0.2, 0.25) is 12.5 Å². The number of ether oxygens (including phenoxy) is 1. The number of nitrogens with zero attached hydrogens (tertiary/aromatic N) is 8. The minimum absolute atomic E-state index is 0.000148. The molecule has 0 saturated carbocycles. The van der Waals surface area contributed by atoms with E-state index < -0.39 is 40.1 Å². The van der Waals surface area contributed by atoms with E-state index in [1.807, 2.05) is 0 Å². The number of fused-ring (bicyclic) bond motifs is 1. The normalized spacial score (nSPS) is 16.2. The van der Waals surface area contributed by atoms with E-state index in [4.69, 9.17) is 11.3 Å². The number of nitrogens with one attached hydrogen (secondary N) is 1. The SMILES string of the molecule is [C-]#[N+]CC1(n2cc(-c3nccc4nc(NC(=O)COC)nn34)cn2)CN(S(=O)(=O)C(F)(F)F)C1. The molecule has 0 radical (unpaired) electrons. The molecule has 1 amide bonds. The molecule has 1 saturated heterocycles. The zero-order chi connectivity index (χ0) is 24.7. The quantitative estimate of drug-likeness (QED) is 0.459. The molecule has 0 atom stereocenters. The van der Waals surface area contributed by atoms with Crippen molar-refractivity contribution in [3.63, 3.8) is 0 Å². The number of anilines is 1. The molecule has 1 aliphatic heterocycles. The number of hydrogen-bond donors (Lipinski definition) is 1. The first-order valence-electron chi connectivity index (χ1n) is 9.46. The van der Waals surface area contributed by atoms with Gasteiger partial charge in [-0.25, -0.2) is 20.0 Å². The van der Waals surface area contributed by atoms with Gasteiger partial charge in [-0.3, -0.25) is 14.8 Å². The molecule has 180 valence electrons. The largest absolute Gasteiger partial charge is 0.511 e. The Morgan fingerprint density at radius 1 is 1.38 bits per heavy atom. The van der Waals surface area contributed by atoms with Gasteiger partial charge < -0.3 is 9.58 Å². The molecule has 4 heterocycles. The number of carbonyl (C=O) groups is 1. The molecule has 1 aliphatic rings. The van der Waals surface area contributed by atoms with Gasteiger partial charge >= 0.3 is 15.5 Å². The molecule has 3 aromatic rings. The Labute approximate surface area is 190 Å². The maximum absolute atomic E-state index is 12.9. The molecule has 4 rings (SSSR count). The smallest absolute Gasteiger partial charge is 0.375 e. The molecule has 0 aromatic carbocycles. The number of aromatic nitrogens is 6. The van der Waals surface area contributed by atoms with Crippen molar-refractivity contribution in [2.24, 2.45) is 0 Å². The van der Waals surface area contributed by atoms with Gasteiger partial charge in [0, 0.05) is 38.7 Å². The molecule has 1 fully saturated rings. The van der Waals surface area contributed by atoms with Gasteiger partial charge in [-0.15, -0.1) is 5.10 Å². The predicted octanol–water partition coefficient (Wildman–Crippen LogP) is 0.352. The topological polar surface area (TPSA) is 141 Å². The van der Waals surface area contributed by atoms with Crippen molar-refractivity contribution in [2.75, 3.05) is 38.7 Å². The van der Waals surface area contributed by atoms with Crippen LogP contribution in [-0.4, -0.2) is 86.9 Å². The predicted molar refractivity (Wildman–Crippen MR) is 108 cm³/mol. The van der Waals surface area contributed by atoms with Gasteiger partial charge in [-0.05, 0) is 0 Å². The van der Waals surface area contributed by atoms with Crippen LogP contribution in [0.15, 0.2) is 24.7 Å². The summed E-state index contributed by atoms with van der Waals surface area (Å²) in [4.78, 5) is 23.4. The summed E-state index contributed by atoms with van der Waals surface area (Å²) in [6, 6.07) is 1.54. The zero-order valence-electron chi connectivity index (χ0n) is 17.4. The second kappa shape index (κ2) is 8.30. The van der Waals surface area contributed by atoms with Gasteiger partial charge in [-0.2, -0.15) is 32.1 Å². The Kier molecular flexibility index (Phi) is 5.75. The third-order valence-electron chi connectivity index (χ3n) is 5.05. The monoisotopic (exact) mass is 499 g/mol. The molecular formula is C17H16F3N9O4S. The standard InChI is InChI=1S/C17H16F3N9O4S/c1-21-8-16(9-27(10-16)34(31,32)17(18,19)20)28-6-11(5-23-28)14-22-4-3-12-24-15(26-29(12)14)25-13(30)7-33-2/h3-6H,7-10H2,2H3,(H,25,26,30). The van der Waals surface area contributed by atoms with Crippen molar-refractivity contribution in [1.82, 2.24) is 33.7 Å². The molecule has 0 unspecified atom stereocenters. The molecule has 0 spiro atoms. The van der Waals surface area contributed by atoms with Gasteiger partial charge in [0.05, 0.1) is 11.8 Å². The molecule has 1 N–H and O–H groups in total. The van der Waals surface area contributed by atoms with E-state index in [2.05, 4.69) is 30.3 Å². The highest BCUT2D eigenvalue weighted by molar-refractivity contribution is 7.90. The lowest BCUT2D eigenvalue weighted by molar-refractivity contribution is -0.119. The van der Waals surface area contributed by atoms with Crippen LogP contribution in [0.5, 0.6) is 0 Å². The third-order valence-corrected chi connectivity index (χ3v) is 6.58. The van der Waals surface area contributed by atoms with E-state index in [1.165, 1.54) is 34.9 Å². The molecule has 17 heteroatoms. The summed E-state index contributed by atoms with van der Waals surface area (Å²) in [5, 5.41) is 10.8. The molecular weight excluding hydrogens is 483 g/mol. The van der Waals surface area contributed by atoms with Gasteiger partial charge in [0.1, 0.15) is 6.61 Å². The van der Waals surface area contributed by atoms with Crippen LogP contribution < -0.4 is 5.32 Å². The fraction of sp³-hybridized carbons (Fsp3) is 0.412. The van der Waals surface area contributed by atoms with E-state index in [0.717, 1.165) is 0 Å². The van der Waals surface area contributed by atoms with Crippen molar-refractivity contribution in [3.05, 3.63) is 36.1 Å². The summed E-state index contributed by atoms with van der Waals surface area (Å²) >= 11 is 0. The maximum Gasteiger partial charge on any atom is 0.511 e. The Morgan fingerprint density at radius 3 is 2.76 bits per heavy atom. The van der Waals surface area contributed by atoms with Crippen molar-refractivity contribution in [2.45, 2.75) is 11.0 Å². The Bertz CT molecular complexity index is 1390. The lowest BCUT2D eigenvalue weighted by Crippen LogP contribution is -2.67. The molecule has 34 heavy (non-hydrogen) atoms. The first-order chi connectivity index (χ1) is 16.0. The fourth-order valence-corrected chi connectivity index (χ4v) is 4.56. The molecule has 13 nitrogen and oxygen atoms in total. The van der Waals surface area contributed by atoms with Crippen molar-refractivity contribution < 1.29 is 31.1 Å². The van der Waals surface area contributed by atoms with Gasteiger partial charge in [0.15, 0.2) is 17.0 Å². The van der Waals surface area contributed by atoms with Crippen LogP contribution in [-0.2, 0) is 25.1 Å². The number of carbonyl (C=O) groups excluding carboxylic acids is 1. The first kappa shape index (κ1) is 23.5. The fourth-order valence-electron chi connectivity index (χ4n) is 3.45. The number of rotatable bonds is 7. The lowest BCUT2D eigenvalue weighted by Gasteiger charge is -2.45. The summed E-state index contributed by atoms with van der Waals surface area (Å²) in [6.45, 7) is 5.57. The van der Waals surface area contributed by atoms with Crippen LogP contribution in [0.2, 0.25) is 0 Å². The van der Waals surface area contributed by atoms with E-state index in [0.29, 0.717) is 11.2 Å². The highest BCUT2D eigenvalue weighted by Gasteiger charge is 2.60. The lowest BCUT2D eigenvalue weighted by atomic mass is 9.93. The number of methoxy groups -OCH3 is 1. The summed E-state index contributed by atoms with van der Waals surface area (Å²) < 4.78 is 69.6. The van der Waals surface area contributed by atoms with Crippen LogP contribution in [0.3, 0.4) is 0 Å². The van der Waals surface area contributed by atoms with Crippen LogP contribution in [0.1, 0.15) is 0 Å². The summed E-state index contributed by atoms with van der Waals surface area (Å²) in [5.74, 6) is -0.217. The zero-order valence-corrected chi connectivity index (χ0v) is 18.2. The van der Waals surface area contributed by atoms with Crippen molar-refractivity contribution in [3.8, 4) is 11.4 Å². The van der Waals surface area contributed by atoms with E-state index >= 15 is 0 Å². The minimum atomic E-state index is -5.51. The average molecular weight is 499 g/mol.